The predicted octanol–water partition coefficient (Wildman–Crippen LogP) is 3.71. The van der Waals surface area contributed by atoms with Crippen LogP contribution in [0.25, 0.3) is 0 Å². The van der Waals surface area contributed by atoms with E-state index in [0.717, 1.165) is 22.0 Å². The van der Waals surface area contributed by atoms with Crippen molar-refractivity contribution in [3.63, 3.8) is 0 Å². The van der Waals surface area contributed by atoms with Gasteiger partial charge in [-0.2, -0.15) is 0 Å². The smallest absolute Gasteiger partial charge is 0.162 e. The summed E-state index contributed by atoms with van der Waals surface area (Å²) in [6.45, 7) is 1.26. The van der Waals surface area contributed by atoms with E-state index in [9.17, 15) is 0 Å². The lowest BCUT2D eigenvalue weighted by Crippen LogP contribution is -2.13. The Hall–Kier alpha value is -1.30. The van der Waals surface area contributed by atoms with Crippen LogP contribution in [-0.4, -0.2) is 18.2 Å². The Balaban J connectivity index is 2.00. The van der Waals surface area contributed by atoms with Crippen molar-refractivity contribution >= 4 is 27.5 Å². The fourth-order valence-corrected chi connectivity index (χ4v) is 2.87. The van der Waals surface area contributed by atoms with Gasteiger partial charge in [0, 0.05) is 34.4 Å². The van der Waals surface area contributed by atoms with Crippen LogP contribution in [0.15, 0.2) is 35.1 Å². The van der Waals surface area contributed by atoms with Crippen LogP contribution >= 0.6 is 27.5 Å². The zero-order valence-corrected chi connectivity index (χ0v) is 13.5. The quantitative estimate of drug-likeness (QED) is 0.877. The molecule has 1 atom stereocenters. The van der Waals surface area contributed by atoms with Crippen LogP contribution in [-0.2, 0) is 0 Å². The van der Waals surface area contributed by atoms with Gasteiger partial charge in [-0.3, -0.25) is 4.98 Å². The molecule has 2 heterocycles. The van der Waals surface area contributed by atoms with Gasteiger partial charge in [0.05, 0.1) is 19.3 Å². The van der Waals surface area contributed by atoms with Crippen molar-refractivity contribution in [3.05, 3.63) is 51.2 Å². The van der Waals surface area contributed by atoms with Gasteiger partial charge in [-0.1, -0.05) is 11.6 Å². The summed E-state index contributed by atoms with van der Waals surface area (Å²) in [7, 11) is 0. The summed E-state index contributed by atoms with van der Waals surface area (Å²) in [6, 6.07) is 5.17. The molecule has 0 radical (unpaired) electrons. The minimum absolute atomic E-state index is 0.375. The lowest BCUT2D eigenvalue weighted by molar-refractivity contribution is 0.297. The van der Waals surface area contributed by atoms with Crippen molar-refractivity contribution in [2.24, 2.45) is 5.73 Å². The van der Waals surface area contributed by atoms with Gasteiger partial charge in [0.25, 0.3) is 0 Å². The van der Waals surface area contributed by atoms with E-state index in [2.05, 4.69) is 20.9 Å². The second-order valence-electron chi connectivity index (χ2n) is 4.79. The van der Waals surface area contributed by atoms with Crippen LogP contribution in [0.4, 0.5) is 0 Å². The number of fused-ring (bicyclic) bond motifs is 1. The third-order valence-corrected chi connectivity index (χ3v) is 4.05. The van der Waals surface area contributed by atoms with E-state index < -0.39 is 0 Å². The molecule has 0 spiro atoms. The fourth-order valence-electron chi connectivity index (χ4n) is 2.22. The Kier molecular flexibility index (Phi) is 4.33. The van der Waals surface area contributed by atoms with Gasteiger partial charge in [0.15, 0.2) is 11.5 Å². The average Bonchev–Trinajstić information content (AvgIpc) is 2.70. The molecule has 0 aliphatic carbocycles. The Morgan fingerprint density at radius 3 is 2.57 bits per heavy atom. The molecule has 21 heavy (non-hydrogen) atoms. The third kappa shape index (κ3) is 3.15. The molecule has 0 saturated carbocycles. The molecular formula is C15H14BrClN2O2. The number of pyridine rings is 1. The molecule has 0 fully saturated rings. The second-order valence-corrected chi connectivity index (χ2v) is 6.11. The van der Waals surface area contributed by atoms with Gasteiger partial charge in [0.2, 0.25) is 0 Å². The number of hydrogen-bond donors (Lipinski definition) is 1. The van der Waals surface area contributed by atoms with Gasteiger partial charge in [-0.15, -0.1) is 0 Å². The topological polar surface area (TPSA) is 57.4 Å². The third-order valence-electron chi connectivity index (χ3n) is 3.29. The van der Waals surface area contributed by atoms with Crippen molar-refractivity contribution in [2.45, 2.75) is 12.5 Å². The van der Waals surface area contributed by atoms with E-state index in [-0.39, 0.29) is 6.04 Å². The normalized spacial score (nSPS) is 15.4. The van der Waals surface area contributed by atoms with Crippen LogP contribution in [0.2, 0.25) is 5.02 Å². The Labute approximate surface area is 136 Å². The first kappa shape index (κ1) is 14.6. The Bertz CT molecular complexity index is 666. The second kappa shape index (κ2) is 6.22. The summed E-state index contributed by atoms with van der Waals surface area (Å²) in [6.07, 6.45) is 4.30. The molecule has 1 aliphatic rings. The van der Waals surface area contributed by atoms with Crippen LogP contribution in [0.3, 0.4) is 0 Å². The summed E-state index contributed by atoms with van der Waals surface area (Å²) >= 11 is 9.75. The highest BCUT2D eigenvalue weighted by atomic mass is 79.9. The van der Waals surface area contributed by atoms with E-state index in [1.54, 1.807) is 18.5 Å². The Morgan fingerprint density at radius 2 is 1.86 bits per heavy atom. The lowest BCUT2D eigenvalue weighted by Gasteiger charge is -2.17. The number of nitrogens with zero attached hydrogens (tertiary/aromatic N) is 1. The first-order valence-electron chi connectivity index (χ1n) is 6.60. The standard InChI is InChI=1S/C15H14BrClN2O2/c16-10-4-9(7-19-8-10)15(18)11-5-13-14(6-12(11)17)21-3-1-2-20-13/h4-8,15H,1-3,18H2. The monoisotopic (exact) mass is 368 g/mol. The number of rotatable bonds is 2. The minimum Gasteiger partial charge on any atom is -0.490 e. The van der Waals surface area contributed by atoms with Gasteiger partial charge in [-0.05, 0) is 39.2 Å². The molecule has 4 nitrogen and oxygen atoms in total. The highest BCUT2D eigenvalue weighted by Crippen LogP contribution is 2.38. The maximum absolute atomic E-state index is 6.35. The number of hydrogen-bond acceptors (Lipinski definition) is 4. The summed E-state index contributed by atoms with van der Waals surface area (Å²) in [4.78, 5) is 4.14. The van der Waals surface area contributed by atoms with Crippen molar-refractivity contribution in [1.82, 2.24) is 4.98 Å². The number of ether oxygens (including phenoxy) is 2. The molecule has 1 aromatic heterocycles. The molecule has 0 bridgehead atoms. The van der Waals surface area contributed by atoms with E-state index in [1.165, 1.54) is 0 Å². The van der Waals surface area contributed by atoms with E-state index >= 15 is 0 Å². The SMILES string of the molecule is NC(c1cncc(Br)c1)c1cc2c(cc1Cl)OCCCO2. The van der Waals surface area contributed by atoms with Crippen molar-refractivity contribution < 1.29 is 9.47 Å². The number of aromatic nitrogens is 1. The van der Waals surface area contributed by atoms with Crippen molar-refractivity contribution in [2.75, 3.05) is 13.2 Å². The summed E-state index contributed by atoms with van der Waals surface area (Å²) in [5.41, 5.74) is 7.98. The molecule has 2 N–H and O–H groups in total. The van der Waals surface area contributed by atoms with E-state index in [0.29, 0.717) is 29.7 Å². The number of benzene rings is 1. The van der Waals surface area contributed by atoms with E-state index in [4.69, 9.17) is 26.8 Å². The first-order valence-corrected chi connectivity index (χ1v) is 7.77. The molecule has 110 valence electrons. The van der Waals surface area contributed by atoms with Crippen LogP contribution < -0.4 is 15.2 Å². The van der Waals surface area contributed by atoms with Gasteiger partial charge in [-0.25, -0.2) is 0 Å². The summed E-state index contributed by atoms with van der Waals surface area (Å²) in [5.74, 6) is 1.35. The zero-order chi connectivity index (χ0) is 14.8. The van der Waals surface area contributed by atoms with Crippen LogP contribution in [0, 0.1) is 0 Å². The molecule has 2 aromatic rings. The fraction of sp³-hybridized carbons (Fsp3) is 0.267. The Morgan fingerprint density at radius 1 is 1.14 bits per heavy atom. The molecule has 1 unspecified atom stereocenters. The van der Waals surface area contributed by atoms with Gasteiger partial charge in [0.1, 0.15) is 0 Å². The zero-order valence-electron chi connectivity index (χ0n) is 11.2. The highest BCUT2D eigenvalue weighted by molar-refractivity contribution is 9.10. The summed E-state index contributed by atoms with van der Waals surface area (Å²) < 4.78 is 12.2. The largest absolute Gasteiger partial charge is 0.490 e. The maximum Gasteiger partial charge on any atom is 0.162 e. The molecule has 6 heteroatoms. The van der Waals surface area contributed by atoms with Gasteiger partial charge < -0.3 is 15.2 Å². The van der Waals surface area contributed by atoms with Crippen molar-refractivity contribution in [1.29, 1.82) is 0 Å². The summed E-state index contributed by atoms with van der Waals surface area (Å²) in [5, 5.41) is 0.562. The highest BCUT2D eigenvalue weighted by Gasteiger charge is 2.19. The first-order chi connectivity index (χ1) is 10.1. The number of nitrogens with two attached hydrogens (primary N) is 1. The average molecular weight is 370 g/mol. The van der Waals surface area contributed by atoms with Crippen molar-refractivity contribution in [3.8, 4) is 11.5 Å². The van der Waals surface area contributed by atoms with Gasteiger partial charge >= 0.3 is 0 Å². The molecule has 3 rings (SSSR count). The molecular weight excluding hydrogens is 356 g/mol. The van der Waals surface area contributed by atoms with Crippen LogP contribution in [0.5, 0.6) is 11.5 Å². The van der Waals surface area contributed by atoms with Crippen LogP contribution in [0.1, 0.15) is 23.6 Å². The number of halogens is 2. The molecule has 1 aromatic carbocycles. The lowest BCUT2D eigenvalue weighted by atomic mass is 10.0. The predicted molar refractivity (Wildman–Crippen MR) is 85.0 cm³/mol. The molecule has 0 saturated heterocycles. The maximum atomic E-state index is 6.35. The van der Waals surface area contributed by atoms with E-state index in [1.807, 2.05) is 12.1 Å². The molecule has 0 amide bonds. The molecule has 1 aliphatic heterocycles. The minimum atomic E-state index is -0.375.